The van der Waals surface area contributed by atoms with Crippen molar-refractivity contribution in [2.75, 3.05) is 0 Å². The molecule has 0 heterocycles. The lowest BCUT2D eigenvalue weighted by Crippen LogP contribution is -2.41. The highest BCUT2D eigenvalue weighted by Gasteiger charge is 2.46. The molecule has 2 fully saturated rings. The maximum Gasteiger partial charge on any atom is 0.303 e. The average Bonchev–Trinajstić information content (AvgIpc) is 2.05. The normalized spacial score (nSPS) is 26.1. The van der Waals surface area contributed by atoms with Crippen molar-refractivity contribution in [3.05, 3.63) is 0 Å². The Balaban J connectivity index is 1.80. The predicted molar refractivity (Wildman–Crippen MR) is 50.9 cm³/mol. The quantitative estimate of drug-likeness (QED) is 0.734. The van der Waals surface area contributed by atoms with Gasteiger partial charge in [-0.05, 0) is 37.0 Å². The van der Waals surface area contributed by atoms with Gasteiger partial charge in [0, 0.05) is 19.3 Å². The first-order valence-corrected chi connectivity index (χ1v) is 5.33. The van der Waals surface area contributed by atoms with Crippen molar-refractivity contribution in [2.24, 2.45) is 11.3 Å². The van der Waals surface area contributed by atoms with Gasteiger partial charge >= 0.3 is 5.97 Å². The molecule has 0 radical (unpaired) electrons. The van der Waals surface area contributed by atoms with E-state index < -0.39 is 5.97 Å². The van der Waals surface area contributed by atoms with Gasteiger partial charge in [0.1, 0.15) is 5.78 Å². The van der Waals surface area contributed by atoms with E-state index in [-0.39, 0.29) is 0 Å². The van der Waals surface area contributed by atoms with Crippen LogP contribution in [0.25, 0.3) is 0 Å². The average molecular weight is 196 g/mol. The van der Waals surface area contributed by atoms with Gasteiger partial charge in [0.25, 0.3) is 0 Å². The van der Waals surface area contributed by atoms with Crippen LogP contribution in [-0.2, 0) is 9.59 Å². The zero-order chi connectivity index (χ0) is 10.2. The minimum atomic E-state index is -0.684. The van der Waals surface area contributed by atoms with Crippen LogP contribution in [0, 0.1) is 11.3 Å². The van der Waals surface area contributed by atoms with E-state index in [9.17, 15) is 9.59 Å². The molecule has 0 aromatic carbocycles. The first kappa shape index (κ1) is 9.69. The highest BCUT2D eigenvalue weighted by Crippen LogP contribution is 2.55. The molecule has 78 valence electrons. The van der Waals surface area contributed by atoms with Crippen LogP contribution in [0.4, 0.5) is 0 Å². The molecule has 0 atom stereocenters. The van der Waals surface area contributed by atoms with Crippen LogP contribution in [0.2, 0.25) is 0 Å². The maximum absolute atomic E-state index is 11.1. The Kier molecular flexibility index (Phi) is 2.33. The van der Waals surface area contributed by atoms with Crippen LogP contribution in [0.3, 0.4) is 0 Å². The monoisotopic (exact) mass is 196 g/mol. The molecule has 0 aromatic rings. The van der Waals surface area contributed by atoms with Crippen LogP contribution >= 0.6 is 0 Å². The van der Waals surface area contributed by atoms with E-state index in [1.165, 1.54) is 0 Å². The van der Waals surface area contributed by atoms with E-state index in [1.807, 2.05) is 0 Å². The zero-order valence-corrected chi connectivity index (χ0v) is 8.29. The molecule has 0 saturated heterocycles. The number of carboxylic acid groups (broad SMARTS) is 1. The summed E-state index contributed by atoms with van der Waals surface area (Å²) in [6, 6.07) is 0. The first-order valence-electron chi connectivity index (χ1n) is 5.33. The Hall–Kier alpha value is -0.860. The third-order valence-electron chi connectivity index (χ3n) is 3.78. The molecule has 14 heavy (non-hydrogen) atoms. The second-order valence-electron chi connectivity index (χ2n) is 4.91. The largest absolute Gasteiger partial charge is 0.481 e. The fraction of sp³-hybridized carbons (Fsp3) is 0.818. The summed E-state index contributed by atoms with van der Waals surface area (Å²) < 4.78 is 0. The van der Waals surface area contributed by atoms with Gasteiger partial charge in [0.15, 0.2) is 0 Å². The Bertz CT molecular complexity index is 252. The molecule has 1 spiro atoms. The van der Waals surface area contributed by atoms with E-state index in [0.29, 0.717) is 23.5 Å². The van der Waals surface area contributed by atoms with Crippen molar-refractivity contribution in [2.45, 2.75) is 44.9 Å². The number of carboxylic acids is 1. The standard InChI is InChI=1S/C11H16O3/c12-9-1-3-11(4-2-9)6-8(7-11)5-10(13)14/h8H,1-7H2,(H,13,14). The van der Waals surface area contributed by atoms with E-state index in [1.54, 1.807) is 0 Å². The summed E-state index contributed by atoms with van der Waals surface area (Å²) in [5.41, 5.74) is 0.355. The number of hydrogen-bond acceptors (Lipinski definition) is 2. The molecule has 3 heteroatoms. The van der Waals surface area contributed by atoms with Gasteiger partial charge in [-0.1, -0.05) is 0 Å². The Labute approximate surface area is 83.5 Å². The number of rotatable bonds is 2. The summed E-state index contributed by atoms with van der Waals surface area (Å²) in [5.74, 6) is 0.0785. The van der Waals surface area contributed by atoms with Gasteiger partial charge in [-0.3, -0.25) is 9.59 Å². The molecule has 0 aromatic heterocycles. The molecule has 0 unspecified atom stereocenters. The molecule has 1 N–H and O–H groups in total. The highest BCUT2D eigenvalue weighted by molar-refractivity contribution is 5.79. The van der Waals surface area contributed by atoms with E-state index in [2.05, 4.69) is 0 Å². The van der Waals surface area contributed by atoms with Crippen LogP contribution < -0.4 is 0 Å². The lowest BCUT2D eigenvalue weighted by molar-refractivity contribution is -0.141. The maximum atomic E-state index is 11.1. The second kappa shape index (κ2) is 3.37. The number of carbonyl (C=O) groups is 2. The summed E-state index contributed by atoms with van der Waals surface area (Å²) in [4.78, 5) is 21.5. The third-order valence-corrected chi connectivity index (χ3v) is 3.78. The number of hydrogen-bond donors (Lipinski definition) is 1. The molecule has 3 nitrogen and oxygen atoms in total. The predicted octanol–water partition coefficient (Wildman–Crippen LogP) is 2.00. The van der Waals surface area contributed by atoms with Crippen molar-refractivity contribution in [1.82, 2.24) is 0 Å². The summed E-state index contributed by atoms with van der Waals surface area (Å²) in [6.45, 7) is 0. The number of Topliss-reactive ketones (excluding diaryl/α,β-unsaturated/α-hetero) is 1. The fourth-order valence-corrected chi connectivity index (χ4v) is 3.02. The van der Waals surface area contributed by atoms with Crippen LogP contribution in [0.1, 0.15) is 44.9 Å². The molecular formula is C11H16O3. The van der Waals surface area contributed by atoms with Gasteiger partial charge in [-0.25, -0.2) is 0 Å². The summed E-state index contributed by atoms with van der Waals surface area (Å²) in [6.07, 6.45) is 5.83. The van der Waals surface area contributed by atoms with E-state index in [0.717, 1.165) is 38.5 Å². The number of ketones is 1. The third kappa shape index (κ3) is 1.81. The zero-order valence-electron chi connectivity index (χ0n) is 8.29. The number of aliphatic carboxylic acids is 1. The lowest BCUT2D eigenvalue weighted by atomic mass is 9.55. The van der Waals surface area contributed by atoms with Crippen molar-refractivity contribution >= 4 is 11.8 Å². The minimum Gasteiger partial charge on any atom is -0.481 e. The molecule has 0 amide bonds. The molecule has 2 aliphatic carbocycles. The van der Waals surface area contributed by atoms with Crippen molar-refractivity contribution < 1.29 is 14.7 Å². The summed E-state index contributed by atoms with van der Waals surface area (Å²) in [7, 11) is 0. The summed E-state index contributed by atoms with van der Waals surface area (Å²) in [5, 5.41) is 8.62. The van der Waals surface area contributed by atoms with Crippen molar-refractivity contribution in [3.63, 3.8) is 0 Å². The minimum absolute atomic E-state index is 0.315. The summed E-state index contributed by atoms with van der Waals surface area (Å²) >= 11 is 0. The number of carbonyl (C=O) groups excluding carboxylic acids is 1. The highest BCUT2D eigenvalue weighted by atomic mass is 16.4. The van der Waals surface area contributed by atoms with Gasteiger partial charge in [-0.2, -0.15) is 0 Å². The topological polar surface area (TPSA) is 54.4 Å². The fourth-order valence-electron chi connectivity index (χ4n) is 3.02. The Morgan fingerprint density at radius 2 is 1.93 bits per heavy atom. The Morgan fingerprint density at radius 1 is 1.36 bits per heavy atom. The first-order chi connectivity index (χ1) is 6.60. The van der Waals surface area contributed by atoms with Crippen LogP contribution in [-0.4, -0.2) is 16.9 Å². The van der Waals surface area contributed by atoms with E-state index in [4.69, 9.17) is 5.11 Å². The van der Waals surface area contributed by atoms with Crippen LogP contribution in [0.15, 0.2) is 0 Å². The van der Waals surface area contributed by atoms with Gasteiger partial charge in [0.2, 0.25) is 0 Å². The van der Waals surface area contributed by atoms with Crippen molar-refractivity contribution in [1.29, 1.82) is 0 Å². The van der Waals surface area contributed by atoms with Gasteiger partial charge < -0.3 is 5.11 Å². The van der Waals surface area contributed by atoms with Crippen LogP contribution in [0.5, 0.6) is 0 Å². The molecule has 0 aliphatic heterocycles. The second-order valence-corrected chi connectivity index (χ2v) is 4.91. The van der Waals surface area contributed by atoms with Gasteiger partial charge in [0.05, 0.1) is 0 Å². The smallest absolute Gasteiger partial charge is 0.303 e. The van der Waals surface area contributed by atoms with Gasteiger partial charge in [-0.15, -0.1) is 0 Å². The molecule has 0 bridgehead atoms. The Morgan fingerprint density at radius 3 is 2.43 bits per heavy atom. The van der Waals surface area contributed by atoms with Crippen molar-refractivity contribution in [3.8, 4) is 0 Å². The lowest BCUT2D eigenvalue weighted by Gasteiger charge is -2.49. The SMILES string of the molecule is O=C(O)CC1CC2(CCC(=O)CC2)C1. The molecular weight excluding hydrogens is 180 g/mol. The van der Waals surface area contributed by atoms with E-state index >= 15 is 0 Å². The molecule has 2 saturated carbocycles. The molecule has 2 rings (SSSR count). The molecule has 2 aliphatic rings.